The Morgan fingerprint density at radius 3 is 2.53 bits per heavy atom. The van der Waals surface area contributed by atoms with Gasteiger partial charge in [0.15, 0.2) is 0 Å². The van der Waals surface area contributed by atoms with E-state index in [0.717, 1.165) is 11.1 Å². The molecular formula is C12H7BrN2. The van der Waals surface area contributed by atoms with Crippen molar-refractivity contribution in [3.8, 4) is 17.2 Å². The van der Waals surface area contributed by atoms with E-state index in [1.165, 1.54) is 0 Å². The number of aromatic nitrogens is 1. The maximum absolute atomic E-state index is 8.87. The third-order valence-electron chi connectivity index (χ3n) is 2.07. The van der Waals surface area contributed by atoms with Gasteiger partial charge in [0.2, 0.25) is 0 Å². The van der Waals surface area contributed by atoms with Crippen molar-refractivity contribution < 1.29 is 0 Å². The normalized spacial score (nSPS) is 9.60. The lowest BCUT2D eigenvalue weighted by Gasteiger charge is -2.01. The SMILES string of the molecule is N#Cc1cc(-c2ccccc2)cnc1Br. The number of hydrogen-bond acceptors (Lipinski definition) is 2. The maximum Gasteiger partial charge on any atom is 0.123 e. The first-order chi connectivity index (χ1) is 7.31. The molecule has 0 saturated carbocycles. The van der Waals surface area contributed by atoms with E-state index in [4.69, 9.17) is 5.26 Å². The first-order valence-corrected chi connectivity index (χ1v) is 5.21. The molecule has 2 nitrogen and oxygen atoms in total. The van der Waals surface area contributed by atoms with Crippen molar-refractivity contribution in [1.29, 1.82) is 5.26 Å². The number of rotatable bonds is 1. The fourth-order valence-electron chi connectivity index (χ4n) is 1.31. The zero-order valence-corrected chi connectivity index (χ0v) is 9.40. The Balaban J connectivity index is 2.52. The summed E-state index contributed by atoms with van der Waals surface area (Å²) in [6, 6.07) is 13.8. The largest absolute Gasteiger partial charge is 0.247 e. The van der Waals surface area contributed by atoms with Crippen LogP contribution in [-0.4, -0.2) is 4.98 Å². The van der Waals surface area contributed by atoms with Crippen molar-refractivity contribution in [2.24, 2.45) is 0 Å². The van der Waals surface area contributed by atoms with Crippen molar-refractivity contribution in [3.05, 3.63) is 52.8 Å². The molecule has 0 saturated heterocycles. The summed E-state index contributed by atoms with van der Waals surface area (Å²) in [5.74, 6) is 0. The quantitative estimate of drug-likeness (QED) is 0.736. The molecule has 2 aromatic rings. The molecule has 3 heteroatoms. The van der Waals surface area contributed by atoms with E-state index in [2.05, 4.69) is 27.0 Å². The zero-order chi connectivity index (χ0) is 10.7. The van der Waals surface area contributed by atoms with Crippen molar-refractivity contribution in [2.75, 3.05) is 0 Å². The Kier molecular flexibility index (Phi) is 2.79. The number of benzene rings is 1. The topological polar surface area (TPSA) is 36.7 Å². The summed E-state index contributed by atoms with van der Waals surface area (Å²) in [6.45, 7) is 0. The van der Waals surface area contributed by atoms with Crippen LogP contribution in [-0.2, 0) is 0 Å². The highest BCUT2D eigenvalue weighted by molar-refractivity contribution is 9.10. The lowest BCUT2D eigenvalue weighted by molar-refractivity contribution is 1.25. The number of hydrogen-bond donors (Lipinski definition) is 0. The van der Waals surface area contributed by atoms with E-state index < -0.39 is 0 Å². The Labute approximate surface area is 96.3 Å². The minimum absolute atomic E-state index is 0.552. The first kappa shape index (κ1) is 9.88. The van der Waals surface area contributed by atoms with E-state index in [0.29, 0.717) is 10.2 Å². The molecule has 0 radical (unpaired) electrons. The van der Waals surface area contributed by atoms with Crippen LogP contribution in [0.25, 0.3) is 11.1 Å². The van der Waals surface area contributed by atoms with Crippen LogP contribution in [0.3, 0.4) is 0 Å². The molecule has 1 aromatic heterocycles. The predicted octanol–water partition coefficient (Wildman–Crippen LogP) is 3.38. The maximum atomic E-state index is 8.87. The fraction of sp³-hybridized carbons (Fsp3) is 0. The molecule has 0 amide bonds. The van der Waals surface area contributed by atoms with E-state index in [1.807, 2.05) is 36.4 Å². The van der Waals surface area contributed by atoms with Crippen LogP contribution in [0.4, 0.5) is 0 Å². The van der Waals surface area contributed by atoms with Crippen molar-refractivity contribution >= 4 is 15.9 Å². The summed E-state index contributed by atoms with van der Waals surface area (Å²) in [5.41, 5.74) is 2.57. The van der Waals surface area contributed by atoms with Gasteiger partial charge in [-0.1, -0.05) is 30.3 Å². The van der Waals surface area contributed by atoms with E-state index in [9.17, 15) is 0 Å². The van der Waals surface area contributed by atoms with Crippen LogP contribution in [0.1, 0.15) is 5.56 Å². The van der Waals surface area contributed by atoms with Crippen molar-refractivity contribution in [2.45, 2.75) is 0 Å². The van der Waals surface area contributed by atoms with E-state index in [1.54, 1.807) is 6.20 Å². The van der Waals surface area contributed by atoms with Gasteiger partial charge in [-0.2, -0.15) is 5.26 Å². The monoisotopic (exact) mass is 258 g/mol. The van der Waals surface area contributed by atoms with Crippen LogP contribution in [0.2, 0.25) is 0 Å². The van der Waals surface area contributed by atoms with Crippen LogP contribution in [0.5, 0.6) is 0 Å². The summed E-state index contributed by atoms with van der Waals surface area (Å²) in [6.07, 6.45) is 1.75. The molecule has 0 atom stereocenters. The van der Waals surface area contributed by atoms with Gasteiger partial charge in [-0.15, -0.1) is 0 Å². The first-order valence-electron chi connectivity index (χ1n) is 4.42. The van der Waals surface area contributed by atoms with Gasteiger partial charge in [-0.3, -0.25) is 0 Å². The number of halogens is 1. The molecule has 1 aromatic carbocycles. The summed E-state index contributed by atoms with van der Waals surface area (Å²) in [5, 5.41) is 8.87. The molecule has 0 unspecified atom stereocenters. The molecule has 0 aliphatic rings. The fourth-order valence-corrected chi connectivity index (χ4v) is 1.62. The standard InChI is InChI=1S/C12H7BrN2/c13-12-10(7-14)6-11(8-15-12)9-4-2-1-3-5-9/h1-6,8H. The number of nitriles is 1. The van der Waals surface area contributed by atoms with Gasteiger partial charge in [0.05, 0.1) is 5.56 Å². The van der Waals surface area contributed by atoms with Gasteiger partial charge in [0, 0.05) is 11.8 Å². The summed E-state index contributed by atoms with van der Waals surface area (Å²) in [4.78, 5) is 4.12. The molecule has 0 bridgehead atoms. The van der Waals surface area contributed by atoms with Gasteiger partial charge >= 0.3 is 0 Å². The summed E-state index contributed by atoms with van der Waals surface area (Å²) in [7, 11) is 0. The Bertz CT molecular complexity index is 515. The van der Waals surface area contributed by atoms with E-state index >= 15 is 0 Å². The van der Waals surface area contributed by atoms with E-state index in [-0.39, 0.29) is 0 Å². The molecule has 1 heterocycles. The molecule has 0 spiro atoms. The Morgan fingerprint density at radius 2 is 1.87 bits per heavy atom. The second-order valence-corrected chi connectivity index (χ2v) is 3.79. The third kappa shape index (κ3) is 2.05. The molecular weight excluding hydrogens is 252 g/mol. The molecule has 72 valence electrons. The Hall–Kier alpha value is -1.66. The second-order valence-electron chi connectivity index (χ2n) is 3.04. The summed E-state index contributed by atoms with van der Waals surface area (Å²) >= 11 is 3.23. The minimum atomic E-state index is 0.552. The summed E-state index contributed by atoms with van der Waals surface area (Å²) < 4.78 is 0.588. The molecule has 0 aliphatic carbocycles. The van der Waals surface area contributed by atoms with Gasteiger partial charge in [0.1, 0.15) is 10.7 Å². The van der Waals surface area contributed by atoms with Crippen molar-refractivity contribution in [3.63, 3.8) is 0 Å². The number of nitrogens with zero attached hydrogens (tertiary/aromatic N) is 2. The van der Waals surface area contributed by atoms with Crippen molar-refractivity contribution in [1.82, 2.24) is 4.98 Å². The lowest BCUT2D eigenvalue weighted by Crippen LogP contribution is -1.85. The Morgan fingerprint density at radius 1 is 1.13 bits per heavy atom. The molecule has 0 N–H and O–H groups in total. The third-order valence-corrected chi connectivity index (χ3v) is 2.70. The average Bonchev–Trinajstić information content (AvgIpc) is 2.31. The molecule has 2 rings (SSSR count). The highest BCUT2D eigenvalue weighted by atomic mass is 79.9. The molecule has 15 heavy (non-hydrogen) atoms. The lowest BCUT2D eigenvalue weighted by atomic mass is 10.1. The van der Waals surface area contributed by atoms with Crippen LogP contribution < -0.4 is 0 Å². The van der Waals surface area contributed by atoms with Gasteiger partial charge < -0.3 is 0 Å². The smallest absolute Gasteiger partial charge is 0.123 e. The highest BCUT2D eigenvalue weighted by Gasteiger charge is 2.03. The zero-order valence-electron chi connectivity index (χ0n) is 7.81. The van der Waals surface area contributed by atoms with Gasteiger partial charge in [-0.25, -0.2) is 4.98 Å². The van der Waals surface area contributed by atoms with Crippen LogP contribution in [0.15, 0.2) is 47.2 Å². The average molecular weight is 259 g/mol. The van der Waals surface area contributed by atoms with Crippen LogP contribution >= 0.6 is 15.9 Å². The molecule has 0 aliphatic heterocycles. The minimum Gasteiger partial charge on any atom is -0.247 e. The van der Waals surface area contributed by atoms with Gasteiger partial charge in [-0.05, 0) is 27.6 Å². The number of pyridine rings is 1. The highest BCUT2D eigenvalue weighted by Crippen LogP contribution is 2.22. The van der Waals surface area contributed by atoms with Crippen LogP contribution in [0, 0.1) is 11.3 Å². The second kappa shape index (κ2) is 4.24. The predicted molar refractivity (Wildman–Crippen MR) is 62.1 cm³/mol. The molecule has 0 fully saturated rings. The van der Waals surface area contributed by atoms with Gasteiger partial charge in [0.25, 0.3) is 0 Å².